The van der Waals surface area contributed by atoms with Crippen molar-refractivity contribution in [3.05, 3.63) is 35.4 Å². The lowest BCUT2D eigenvalue weighted by atomic mass is 10.1. The van der Waals surface area contributed by atoms with Crippen LogP contribution in [0, 0.1) is 5.92 Å². The van der Waals surface area contributed by atoms with Crippen molar-refractivity contribution in [3.63, 3.8) is 0 Å². The zero-order valence-corrected chi connectivity index (χ0v) is 10.9. The maximum absolute atomic E-state index is 12.4. The predicted octanol–water partition coefficient (Wildman–Crippen LogP) is 2.10. The van der Waals surface area contributed by atoms with Crippen molar-refractivity contribution < 1.29 is 18.0 Å². The van der Waals surface area contributed by atoms with E-state index in [1.54, 1.807) is 0 Å². The van der Waals surface area contributed by atoms with E-state index in [0.717, 1.165) is 25.0 Å². The van der Waals surface area contributed by atoms with Gasteiger partial charge in [0.25, 0.3) is 0 Å². The molecule has 2 rings (SSSR count). The number of nitrogens with two attached hydrogens (primary N) is 1. The van der Waals surface area contributed by atoms with Crippen molar-refractivity contribution in [2.24, 2.45) is 11.7 Å². The van der Waals surface area contributed by atoms with Crippen LogP contribution in [0.15, 0.2) is 24.3 Å². The zero-order chi connectivity index (χ0) is 14.8. The Hall–Kier alpha value is -1.56. The summed E-state index contributed by atoms with van der Waals surface area (Å²) in [5.41, 5.74) is 5.69. The number of hydrogen-bond acceptors (Lipinski definition) is 2. The molecule has 110 valence electrons. The normalized spacial score (nSPS) is 16.8. The molecule has 0 saturated heterocycles. The molecule has 1 amide bonds. The van der Waals surface area contributed by atoms with Gasteiger partial charge in [-0.05, 0) is 36.5 Å². The first-order chi connectivity index (χ1) is 9.36. The molecule has 1 aliphatic carbocycles. The van der Waals surface area contributed by atoms with Crippen molar-refractivity contribution in [1.82, 2.24) is 5.32 Å². The first kappa shape index (κ1) is 14.8. The van der Waals surface area contributed by atoms with E-state index in [2.05, 4.69) is 5.32 Å². The third-order valence-electron chi connectivity index (χ3n) is 3.41. The first-order valence-electron chi connectivity index (χ1n) is 6.54. The molecule has 0 aromatic heterocycles. The molecule has 1 saturated carbocycles. The molecule has 20 heavy (non-hydrogen) atoms. The van der Waals surface area contributed by atoms with Gasteiger partial charge in [0.2, 0.25) is 5.91 Å². The topological polar surface area (TPSA) is 55.1 Å². The fourth-order valence-electron chi connectivity index (χ4n) is 1.98. The number of halogens is 3. The van der Waals surface area contributed by atoms with Gasteiger partial charge in [0.1, 0.15) is 0 Å². The number of benzene rings is 1. The van der Waals surface area contributed by atoms with Gasteiger partial charge in [0.05, 0.1) is 12.0 Å². The van der Waals surface area contributed by atoms with E-state index >= 15 is 0 Å². The van der Waals surface area contributed by atoms with Crippen molar-refractivity contribution >= 4 is 5.91 Å². The zero-order valence-electron chi connectivity index (χ0n) is 10.9. The van der Waals surface area contributed by atoms with Crippen LogP contribution in [0.1, 0.15) is 24.0 Å². The molecule has 0 bridgehead atoms. The average molecular weight is 286 g/mol. The number of nitrogens with one attached hydrogen (secondary N) is 1. The van der Waals surface area contributed by atoms with Crippen LogP contribution in [-0.4, -0.2) is 18.5 Å². The third kappa shape index (κ3) is 4.23. The summed E-state index contributed by atoms with van der Waals surface area (Å²) in [4.78, 5) is 11.7. The lowest BCUT2D eigenvalue weighted by Crippen LogP contribution is -2.39. The summed E-state index contributed by atoms with van der Waals surface area (Å²) in [5.74, 6) is 0.280. The highest BCUT2D eigenvalue weighted by Gasteiger charge is 2.30. The van der Waals surface area contributed by atoms with Gasteiger partial charge < -0.3 is 11.1 Å². The minimum atomic E-state index is -4.35. The Morgan fingerprint density at radius 1 is 1.30 bits per heavy atom. The van der Waals surface area contributed by atoms with Crippen LogP contribution in [0.2, 0.25) is 0 Å². The Morgan fingerprint density at radius 2 is 1.90 bits per heavy atom. The Balaban J connectivity index is 1.81. The lowest BCUT2D eigenvalue weighted by Gasteiger charge is -2.12. The van der Waals surface area contributed by atoms with E-state index in [-0.39, 0.29) is 18.4 Å². The largest absolute Gasteiger partial charge is 0.416 e. The van der Waals surface area contributed by atoms with Gasteiger partial charge in [-0.2, -0.15) is 13.2 Å². The number of alkyl halides is 3. The average Bonchev–Trinajstić information content (AvgIpc) is 3.20. The van der Waals surface area contributed by atoms with Gasteiger partial charge in [0, 0.05) is 12.6 Å². The molecular weight excluding hydrogens is 269 g/mol. The fraction of sp³-hybridized carbons (Fsp3) is 0.500. The molecular formula is C14H17F3N2O. The highest BCUT2D eigenvalue weighted by atomic mass is 19.4. The van der Waals surface area contributed by atoms with E-state index in [9.17, 15) is 18.0 Å². The fourth-order valence-corrected chi connectivity index (χ4v) is 1.98. The van der Waals surface area contributed by atoms with Gasteiger partial charge in [-0.1, -0.05) is 12.1 Å². The summed E-state index contributed by atoms with van der Waals surface area (Å²) in [6.07, 6.45) is -2.07. The number of carbonyl (C=O) groups is 1. The van der Waals surface area contributed by atoms with Crippen LogP contribution in [0.5, 0.6) is 0 Å². The second kappa shape index (κ2) is 5.83. The monoisotopic (exact) mass is 286 g/mol. The molecule has 1 fully saturated rings. The number of carbonyl (C=O) groups excluding carboxylic acids is 1. The molecule has 0 heterocycles. The van der Waals surface area contributed by atoms with E-state index in [4.69, 9.17) is 5.73 Å². The van der Waals surface area contributed by atoms with E-state index in [1.807, 2.05) is 0 Å². The molecule has 0 aliphatic heterocycles. The first-order valence-corrected chi connectivity index (χ1v) is 6.54. The quantitative estimate of drug-likeness (QED) is 0.871. The van der Waals surface area contributed by atoms with Crippen LogP contribution < -0.4 is 11.1 Å². The second-order valence-electron chi connectivity index (χ2n) is 5.18. The summed E-state index contributed by atoms with van der Waals surface area (Å²) < 4.78 is 37.1. The summed E-state index contributed by atoms with van der Waals surface area (Å²) in [6.45, 7) is 0.421. The van der Waals surface area contributed by atoms with Crippen LogP contribution in [0.25, 0.3) is 0 Å². The number of hydrogen-bond donors (Lipinski definition) is 2. The van der Waals surface area contributed by atoms with E-state index in [1.165, 1.54) is 12.1 Å². The van der Waals surface area contributed by atoms with E-state index in [0.29, 0.717) is 18.0 Å². The number of amides is 1. The maximum Gasteiger partial charge on any atom is 0.416 e. The van der Waals surface area contributed by atoms with Crippen molar-refractivity contribution in [1.29, 1.82) is 0 Å². The SMILES string of the molecule is NC(CNC(=O)Cc1ccc(C(F)(F)F)cc1)C1CC1. The van der Waals surface area contributed by atoms with E-state index < -0.39 is 11.7 Å². The minimum Gasteiger partial charge on any atom is -0.354 e. The third-order valence-corrected chi connectivity index (χ3v) is 3.41. The molecule has 0 radical (unpaired) electrons. The van der Waals surface area contributed by atoms with Crippen molar-refractivity contribution in [2.75, 3.05) is 6.54 Å². The Kier molecular flexibility index (Phi) is 4.32. The highest BCUT2D eigenvalue weighted by molar-refractivity contribution is 5.78. The molecule has 1 aromatic rings. The Morgan fingerprint density at radius 3 is 2.40 bits per heavy atom. The summed E-state index contributed by atoms with van der Waals surface area (Å²) >= 11 is 0. The predicted molar refractivity (Wildman–Crippen MR) is 68.9 cm³/mol. The van der Waals surface area contributed by atoms with Gasteiger partial charge in [-0.25, -0.2) is 0 Å². The summed E-state index contributed by atoms with van der Waals surface area (Å²) in [6, 6.07) is 4.59. The van der Waals surface area contributed by atoms with Crippen LogP contribution >= 0.6 is 0 Å². The molecule has 3 N–H and O–H groups in total. The standard InChI is InChI=1S/C14H17F3N2O/c15-14(16,17)11-5-1-9(2-6-11)7-13(20)19-8-12(18)10-3-4-10/h1-2,5-6,10,12H,3-4,7-8,18H2,(H,19,20). The Labute approximate surface area is 115 Å². The minimum absolute atomic E-state index is 0.0217. The molecule has 1 aliphatic rings. The van der Waals surface area contributed by atoms with Crippen LogP contribution in [0.4, 0.5) is 13.2 Å². The smallest absolute Gasteiger partial charge is 0.354 e. The maximum atomic E-state index is 12.4. The lowest BCUT2D eigenvalue weighted by molar-refractivity contribution is -0.137. The van der Waals surface area contributed by atoms with Gasteiger partial charge in [0.15, 0.2) is 0 Å². The molecule has 6 heteroatoms. The molecule has 1 aromatic carbocycles. The summed E-state index contributed by atoms with van der Waals surface area (Å²) in [7, 11) is 0. The molecule has 1 atom stereocenters. The Bertz CT molecular complexity index is 466. The highest BCUT2D eigenvalue weighted by Crippen LogP contribution is 2.31. The molecule has 0 spiro atoms. The summed E-state index contributed by atoms with van der Waals surface area (Å²) in [5, 5.41) is 2.71. The molecule has 3 nitrogen and oxygen atoms in total. The number of rotatable bonds is 5. The second-order valence-corrected chi connectivity index (χ2v) is 5.18. The van der Waals surface area contributed by atoms with Gasteiger partial charge in [-0.15, -0.1) is 0 Å². The van der Waals surface area contributed by atoms with Crippen LogP contribution in [0.3, 0.4) is 0 Å². The van der Waals surface area contributed by atoms with Crippen LogP contribution in [-0.2, 0) is 17.4 Å². The van der Waals surface area contributed by atoms with Gasteiger partial charge >= 0.3 is 6.18 Å². The van der Waals surface area contributed by atoms with Crippen molar-refractivity contribution in [2.45, 2.75) is 31.5 Å². The molecule has 1 unspecified atom stereocenters. The van der Waals surface area contributed by atoms with Crippen molar-refractivity contribution in [3.8, 4) is 0 Å². The van der Waals surface area contributed by atoms with Gasteiger partial charge in [-0.3, -0.25) is 4.79 Å².